The summed E-state index contributed by atoms with van der Waals surface area (Å²) in [6.07, 6.45) is 0. The van der Waals surface area contributed by atoms with E-state index in [0.717, 1.165) is 33.8 Å². The zero-order valence-electron chi connectivity index (χ0n) is 18.3. The Hall–Kier alpha value is -3.93. The molecular formula is C27H24FN3O2. The molecule has 1 N–H and O–H groups in total. The van der Waals surface area contributed by atoms with Gasteiger partial charge in [0.25, 0.3) is 5.91 Å². The third kappa shape index (κ3) is 3.89. The minimum Gasteiger partial charge on any atom is -0.494 e. The second kappa shape index (κ2) is 8.90. The highest BCUT2D eigenvalue weighted by Gasteiger charge is 2.43. The lowest BCUT2D eigenvalue weighted by atomic mass is 9.91. The summed E-state index contributed by atoms with van der Waals surface area (Å²) in [7, 11) is 0. The molecule has 3 aromatic carbocycles. The van der Waals surface area contributed by atoms with Crippen LogP contribution in [0.1, 0.15) is 24.1 Å². The van der Waals surface area contributed by atoms with Crippen LogP contribution in [0.5, 0.6) is 5.75 Å². The van der Waals surface area contributed by atoms with Crippen molar-refractivity contribution in [3.05, 3.63) is 107 Å². The summed E-state index contributed by atoms with van der Waals surface area (Å²) in [4.78, 5) is 20.4. The molecule has 0 aromatic heterocycles. The van der Waals surface area contributed by atoms with Gasteiger partial charge in [0.05, 0.1) is 24.9 Å². The molecule has 0 spiro atoms. The van der Waals surface area contributed by atoms with Gasteiger partial charge in [-0.15, -0.1) is 0 Å². The molecule has 0 aliphatic carbocycles. The summed E-state index contributed by atoms with van der Waals surface area (Å²) in [5, 5.41) is 3.31. The van der Waals surface area contributed by atoms with Gasteiger partial charge in [0, 0.05) is 23.4 Å². The molecule has 6 heteroatoms. The fourth-order valence-electron chi connectivity index (χ4n) is 4.41. The third-order valence-electron chi connectivity index (χ3n) is 5.83. The van der Waals surface area contributed by atoms with Gasteiger partial charge in [0.15, 0.2) is 0 Å². The average Bonchev–Trinajstić information content (AvgIpc) is 2.98. The Bertz CT molecular complexity index is 1220. The number of para-hydroxylation sites is 1. The Kier molecular flexibility index (Phi) is 5.65. The number of hydrogen-bond acceptors (Lipinski definition) is 4. The Labute approximate surface area is 192 Å². The number of aliphatic imine (C=N–C) groups is 1. The maximum atomic E-state index is 13.8. The van der Waals surface area contributed by atoms with E-state index in [1.165, 1.54) is 12.1 Å². The number of carbonyl (C=O) groups is 1. The van der Waals surface area contributed by atoms with Crippen molar-refractivity contribution in [1.82, 2.24) is 5.32 Å². The molecule has 0 fully saturated rings. The molecule has 33 heavy (non-hydrogen) atoms. The van der Waals surface area contributed by atoms with Crippen molar-refractivity contribution in [1.29, 1.82) is 0 Å². The second-order valence-corrected chi connectivity index (χ2v) is 7.87. The van der Waals surface area contributed by atoms with Crippen molar-refractivity contribution < 1.29 is 13.9 Å². The van der Waals surface area contributed by atoms with E-state index in [1.807, 2.05) is 61.5 Å². The normalized spacial score (nSPS) is 17.9. The topological polar surface area (TPSA) is 53.9 Å². The number of nitrogens with one attached hydrogen (secondary N) is 1. The SMILES string of the molecule is CCOc1ccc(C2=NCCNC3=C2C(c2ccc(F)cc2)N(c2ccccc2)C3=O)cc1. The van der Waals surface area contributed by atoms with Gasteiger partial charge in [-0.2, -0.15) is 0 Å². The van der Waals surface area contributed by atoms with Crippen molar-refractivity contribution in [2.24, 2.45) is 4.99 Å². The predicted octanol–water partition coefficient (Wildman–Crippen LogP) is 4.66. The number of ether oxygens (including phenoxy) is 1. The molecule has 3 aromatic rings. The molecule has 0 bridgehead atoms. The van der Waals surface area contributed by atoms with Gasteiger partial charge in [0.2, 0.25) is 0 Å². The highest BCUT2D eigenvalue weighted by molar-refractivity contribution is 6.23. The molecule has 2 heterocycles. The number of anilines is 1. The van der Waals surface area contributed by atoms with E-state index in [-0.39, 0.29) is 11.7 Å². The van der Waals surface area contributed by atoms with Crippen molar-refractivity contribution in [3.8, 4) is 5.75 Å². The quantitative estimate of drug-likeness (QED) is 0.627. The van der Waals surface area contributed by atoms with Gasteiger partial charge in [0.1, 0.15) is 17.3 Å². The van der Waals surface area contributed by atoms with Gasteiger partial charge in [-0.1, -0.05) is 30.3 Å². The van der Waals surface area contributed by atoms with Gasteiger partial charge >= 0.3 is 0 Å². The number of halogens is 1. The van der Waals surface area contributed by atoms with E-state index in [2.05, 4.69) is 5.32 Å². The monoisotopic (exact) mass is 441 g/mol. The average molecular weight is 442 g/mol. The van der Waals surface area contributed by atoms with Crippen molar-refractivity contribution in [2.45, 2.75) is 13.0 Å². The van der Waals surface area contributed by atoms with E-state index in [1.54, 1.807) is 17.0 Å². The molecule has 2 aliphatic rings. The number of nitrogens with zero attached hydrogens (tertiary/aromatic N) is 2. The Morgan fingerprint density at radius 2 is 1.76 bits per heavy atom. The van der Waals surface area contributed by atoms with Crippen LogP contribution in [-0.4, -0.2) is 31.3 Å². The fourth-order valence-corrected chi connectivity index (χ4v) is 4.41. The highest BCUT2D eigenvalue weighted by Crippen LogP contribution is 2.42. The first-order chi connectivity index (χ1) is 16.2. The first-order valence-electron chi connectivity index (χ1n) is 11.1. The van der Waals surface area contributed by atoms with E-state index in [0.29, 0.717) is 25.4 Å². The molecule has 1 amide bonds. The fraction of sp³-hybridized carbons (Fsp3) is 0.185. The Balaban J connectivity index is 1.67. The summed E-state index contributed by atoms with van der Waals surface area (Å²) in [5.41, 5.74) is 4.61. The first-order valence-corrected chi connectivity index (χ1v) is 11.1. The van der Waals surface area contributed by atoms with Gasteiger partial charge < -0.3 is 10.1 Å². The lowest BCUT2D eigenvalue weighted by molar-refractivity contribution is -0.115. The van der Waals surface area contributed by atoms with Crippen molar-refractivity contribution in [3.63, 3.8) is 0 Å². The van der Waals surface area contributed by atoms with Crippen LogP contribution < -0.4 is 15.0 Å². The molecule has 5 nitrogen and oxygen atoms in total. The minimum absolute atomic E-state index is 0.119. The number of rotatable bonds is 5. The first kappa shape index (κ1) is 20.9. The molecular weight excluding hydrogens is 417 g/mol. The molecule has 1 unspecified atom stereocenters. The lowest BCUT2D eigenvalue weighted by Crippen LogP contribution is -2.33. The summed E-state index contributed by atoms with van der Waals surface area (Å²) >= 11 is 0. The maximum Gasteiger partial charge on any atom is 0.275 e. The summed E-state index contributed by atoms with van der Waals surface area (Å²) < 4.78 is 19.4. The van der Waals surface area contributed by atoms with E-state index < -0.39 is 6.04 Å². The van der Waals surface area contributed by atoms with Crippen LogP contribution in [0.2, 0.25) is 0 Å². The largest absolute Gasteiger partial charge is 0.494 e. The van der Waals surface area contributed by atoms with E-state index in [4.69, 9.17) is 9.73 Å². The predicted molar refractivity (Wildman–Crippen MR) is 127 cm³/mol. The molecule has 5 rings (SSSR count). The lowest BCUT2D eigenvalue weighted by Gasteiger charge is -2.28. The number of benzene rings is 3. The van der Waals surface area contributed by atoms with Crippen LogP contribution in [0.3, 0.4) is 0 Å². The summed E-state index contributed by atoms with van der Waals surface area (Å²) in [6, 6.07) is 23.2. The van der Waals surface area contributed by atoms with Crippen LogP contribution in [0.15, 0.2) is 95.1 Å². The van der Waals surface area contributed by atoms with Gasteiger partial charge in [-0.25, -0.2) is 4.39 Å². The molecule has 166 valence electrons. The summed E-state index contributed by atoms with van der Waals surface area (Å²) in [5.74, 6) is 0.347. The Morgan fingerprint density at radius 1 is 1.03 bits per heavy atom. The third-order valence-corrected chi connectivity index (χ3v) is 5.83. The zero-order valence-corrected chi connectivity index (χ0v) is 18.3. The van der Waals surface area contributed by atoms with Crippen LogP contribution >= 0.6 is 0 Å². The smallest absolute Gasteiger partial charge is 0.275 e. The van der Waals surface area contributed by atoms with Crippen molar-refractivity contribution in [2.75, 3.05) is 24.6 Å². The number of amides is 1. The summed E-state index contributed by atoms with van der Waals surface area (Å²) in [6.45, 7) is 3.64. The van der Waals surface area contributed by atoms with Crippen LogP contribution in [0.25, 0.3) is 0 Å². The maximum absolute atomic E-state index is 13.8. The number of carbonyl (C=O) groups excluding carboxylic acids is 1. The van der Waals surface area contributed by atoms with Gasteiger partial charge in [-0.3, -0.25) is 14.7 Å². The molecule has 1 atom stereocenters. The van der Waals surface area contributed by atoms with Crippen molar-refractivity contribution >= 4 is 17.3 Å². The molecule has 0 radical (unpaired) electrons. The minimum atomic E-state index is -0.439. The van der Waals surface area contributed by atoms with Crippen LogP contribution in [0.4, 0.5) is 10.1 Å². The van der Waals surface area contributed by atoms with Crippen LogP contribution in [-0.2, 0) is 4.79 Å². The van der Waals surface area contributed by atoms with E-state index >= 15 is 0 Å². The van der Waals surface area contributed by atoms with Gasteiger partial charge in [-0.05, 0) is 61.0 Å². The second-order valence-electron chi connectivity index (χ2n) is 7.87. The van der Waals surface area contributed by atoms with E-state index in [9.17, 15) is 9.18 Å². The molecule has 0 saturated carbocycles. The Morgan fingerprint density at radius 3 is 2.45 bits per heavy atom. The molecule has 0 saturated heterocycles. The standard InChI is InChI=1S/C27H24FN3O2/c1-2-33-22-14-10-18(11-15-22)24-23-25(30-17-16-29-24)27(32)31(21-6-4-3-5-7-21)26(23)19-8-12-20(28)13-9-19/h3-15,26,30H,2,16-17H2,1H3. The highest BCUT2D eigenvalue weighted by atomic mass is 19.1. The van der Waals surface area contributed by atoms with Crippen LogP contribution in [0, 0.1) is 5.82 Å². The number of hydrogen-bond donors (Lipinski definition) is 1. The zero-order chi connectivity index (χ0) is 22.8. The molecule has 2 aliphatic heterocycles.